The van der Waals surface area contributed by atoms with E-state index in [-0.39, 0.29) is 27.4 Å². The number of halogens is 2. The Labute approximate surface area is 185 Å². The first-order valence-electron chi connectivity index (χ1n) is 9.74. The Balaban J connectivity index is 2.26. The molecular formula is C22H30Cl2N2O2Si. The normalized spacial score (nSPS) is 13.2. The number of amides is 1. The summed E-state index contributed by atoms with van der Waals surface area (Å²) in [6.07, 6.45) is -0.109. The summed E-state index contributed by atoms with van der Waals surface area (Å²) in [4.78, 5) is 19.1. The molecule has 1 aromatic heterocycles. The second-order valence-electron chi connectivity index (χ2n) is 8.83. The van der Waals surface area contributed by atoms with Gasteiger partial charge in [-0.3, -0.25) is 4.79 Å². The van der Waals surface area contributed by atoms with Crippen molar-refractivity contribution in [2.45, 2.75) is 58.5 Å². The fraction of sp³-hybridized carbons (Fsp3) is 0.455. The molecule has 0 aliphatic heterocycles. The number of rotatable bonds is 7. The largest absolute Gasteiger partial charge is 0.412 e. The van der Waals surface area contributed by atoms with Gasteiger partial charge in [0.25, 0.3) is 5.91 Å². The fourth-order valence-corrected chi connectivity index (χ4v) is 4.65. The average molecular weight is 453 g/mol. The van der Waals surface area contributed by atoms with Crippen LogP contribution in [-0.2, 0) is 11.0 Å². The molecule has 1 heterocycles. The second kappa shape index (κ2) is 9.60. The number of hydrogen-bond acceptors (Lipinski definition) is 3. The minimum Gasteiger partial charge on any atom is -0.412 e. The van der Waals surface area contributed by atoms with Crippen molar-refractivity contribution in [1.82, 2.24) is 9.88 Å². The smallest absolute Gasteiger partial charge is 0.257 e. The molecule has 1 amide bonds. The van der Waals surface area contributed by atoms with Crippen LogP contribution in [0.2, 0.25) is 28.4 Å². The molecule has 0 aliphatic rings. The SMILES string of the molecule is CC(CN(Cc1ccccc1)C(=O)c1ccc(Cl)nc1Cl)O[Si](C)(C)C(C)(C)C. The molecule has 4 nitrogen and oxygen atoms in total. The Bertz CT molecular complexity index is 838. The van der Waals surface area contributed by atoms with Crippen LogP contribution in [0.1, 0.15) is 43.6 Å². The third-order valence-electron chi connectivity index (χ3n) is 5.33. The standard InChI is InChI=1S/C22H30Cl2N2O2Si/c1-16(28-29(5,6)22(2,3)4)14-26(15-17-10-8-7-9-11-17)21(27)18-12-13-19(23)25-20(18)24/h7-13,16H,14-15H2,1-6H3. The lowest BCUT2D eigenvalue weighted by Crippen LogP contribution is -2.47. The quantitative estimate of drug-likeness (QED) is 0.358. The molecule has 2 aromatic rings. The molecule has 1 unspecified atom stereocenters. The molecule has 1 atom stereocenters. The van der Waals surface area contributed by atoms with E-state index in [4.69, 9.17) is 27.6 Å². The van der Waals surface area contributed by atoms with E-state index >= 15 is 0 Å². The Hall–Kier alpha value is -1.40. The van der Waals surface area contributed by atoms with Crippen molar-refractivity contribution in [2.24, 2.45) is 0 Å². The van der Waals surface area contributed by atoms with E-state index in [9.17, 15) is 4.79 Å². The molecule has 0 saturated carbocycles. The second-order valence-corrected chi connectivity index (χ2v) is 14.3. The number of benzene rings is 1. The van der Waals surface area contributed by atoms with Crippen molar-refractivity contribution < 1.29 is 9.22 Å². The number of aromatic nitrogens is 1. The monoisotopic (exact) mass is 452 g/mol. The minimum absolute atomic E-state index is 0.0962. The number of carbonyl (C=O) groups is 1. The lowest BCUT2D eigenvalue weighted by molar-refractivity contribution is 0.0643. The number of pyridine rings is 1. The number of nitrogens with zero attached hydrogens (tertiary/aromatic N) is 2. The highest BCUT2D eigenvalue weighted by Crippen LogP contribution is 2.37. The molecule has 0 N–H and O–H groups in total. The molecule has 7 heteroatoms. The third-order valence-corrected chi connectivity index (χ3v) is 10.4. The molecule has 0 aliphatic carbocycles. The molecule has 158 valence electrons. The van der Waals surface area contributed by atoms with Crippen LogP contribution in [0.15, 0.2) is 42.5 Å². The van der Waals surface area contributed by atoms with Crippen molar-refractivity contribution >= 4 is 37.4 Å². The van der Waals surface area contributed by atoms with Gasteiger partial charge in [-0.1, -0.05) is 74.3 Å². The first-order valence-corrected chi connectivity index (χ1v) is 13.4. The van der Waals surface area contributed by atoms with Gasteiger partial charge in [-0.2, -0.15) is 0 Å². The van der Waals surface area contributed by atoms with Crippen LogP contribution in [0, 0.1) is 0 Å². The van der Waals surface area contributed by atoms with Crippen LogP contribution in [-0.4, -0.2) is 36.8 Å². The van der Waals surface area contributed by atoms with Gasteiger partial charge in [0.2, 0.25) is 0 Å². The summed E-state index contributed by atoms with van der Waals surface area (Å²) < 4.78 is 6.48. The zero-order chi connectivity index (χ0) is 21.8. The maximum atomic E-state index is 13.3. The summed E-state index contributed by atoms with van der Waals surface area (Å²) in [5.41, 5.74) is 1.38. The van der Waals surface area contributed by atoms with E-state index in [2.05, 4.69) is 38.8 Å². The highest BCUT2D eigenvalue weighted by Gasteiger charge is 2.38. The van der Waals surface area contributed by atoms with E-state index < -0.39 is 8.32 Å². The van der Waals surface area contributed by atoms with E-state index in [0.717, 1.165) is 5.56 Å². The van der Waals surface area contributed by atoms with Gasteiger partial charge in [-0.25, -0.2) is 4.98 Å². The van der Waals surface area contributed by atoms with Gasteiger partial charge in [0.1, 0.15) is 10.3 Å². The van der Waals surface area contributed by atoms with Gasteiger partial charge in [0, 0.05) is 13.1 Å². The van der Waals surface area contributed by atoms with E-state index in [1.54, 1.807) is 17.0 Å². The van der Waals surface area contributed by atoms with Gasteiger partial charge >= 0.3 is 0 Å². The average Bonchev–Trinajstić information content (AvgIpc) is 2.60. The molecular weight excluding hydrogens is 423 g/mol. The summed E-state index contributed by atoms with van der Waals surface area (Å²) in [5.74, 6) is -0.186. The molecule has 29 heavy (non-hydrogen) atoms. The zero-order valence-corrected chi connectivity index (χ0v) is 20.5. The number of hydrogen-bond donors (Lipinski definition) is 0. The minimum atomic E-state index is -1.95. The van der Waals surface area contributed by atoms with Crippen molar-refractivity contribution in [3.8, 4) is 0 Å². The maximum absolute atomic E-state index is 13.3. The molecule has 0 saturated heterocycles. The van der Waals surface area contributed by atoms with Gasteiger partial charge in [-0.15, -0.1) is 0 Å². The Morgan fingerprint density at radius 2 is 1.76 bits per heavy atom. The van der Waals surface area contributed by atoms with Gasteiger partial charge < -0.3 is 9.33 Å². The summed E-state index contributed by atoms with van der Waals surface area (Å²) in [7, 11) is -1.95. The van der Waals surface area contributed by atoms with E-state index in [1.807, 2.05) is 37.3 Å². The summed E-state index contributed by atoms with van der Waals surface area (Å²) in [6, 6.07) is 13.1. The van der Waals surface area contributed by atoms with Crippen LogP contribution in [0.5, 0.6) is 0 Å². The predicted molar refractivity (Wildman–Crippen MR) is 123 cm³/mol. The van der Waals surface area contributed by atoms with Crippen LogP contribution in [0.3, 0.4) is 0 Å². The van der Waals surface area contributed by atoms with Crippen LogP contribution < -0.4 is 0 Å². The topological polar surface area (TPSA) is 42.4 Å². The van der Waals surface area contributed by atoms with E-state index in [0.29, 0.717) is 18.7 Å². The molecule has 1 aromatic carbocycles. The summed E-state index contributed by atoms with van der Waals surface area (Å²) in [5, 5.41) is 0.466. The van der Waals surface area contributed by atoms with Gasteiger partial charge in [-0.05, 0) is 42.8 Å². The lowest BCUT2D eigenvalue weighted by atomic mass is 10.1. The Morgan fingerprint density at radius 3 is 2.31 bits per heavy atom. The van der Waals surface area contributed by atoms with E-state index in [1.165, 1.54) is 0 Å². The van der Waals surface area contributed by atoms with Gasteiger partial charge in [0.05, 0.1) is 11.7 Å². The molecule has 0 fully saturated rings. The third kappa shape index (κ3) is 6.54. The van der Waals surface area contributed by atoms with Crippen LogP contribution in [0.4, 0.5) is 0 Å². The summed E-state index contributed by atoms with van der Waals surface area (Å²) >= 11 is 12.1. The van der Waals surface area contributed by atoms with Crippen molar-refractivity contribution in [3.05, 3.63) is 63.9 Å². The van der Waals surface area contributed by atoms with Crippen molar-refractivity contribution in [2.75, 3.05) is 6.54 Å². The van der Waals surface area contributed by atoms with Crippen LogP contribution in [0.25, 0.3) is 0 Å². The summed E-state index contributed by atoms with van der Waals surface area (Å²) in [6.45, 7) is 14.0. The predicted octanol–water partition coefficient (Wildman–Crippen LogP) is 6.44. The highest BCUT2D eigenvalue weighted by molar-refractivity contribution is 6.74. The lowest BCUT2D eigenvalue weighted by Gasteiger charge is -2.39. The highest BCUT2D eigenvalue weighted by atomic mass is 35.5. The van der Waals surface area contributed by atoms with Crippen LogP contribution >= 0.6 is 23.2 Å². The van der Waals surface area contributed by atoms with Crippen molar-refractivity contribution in [3.63, 3.8) is 0 Å². The Morgan fingerprint density at radius 1 is 1.14 bits per heavy atom. The van der Waals surface area contributed by atoms with Gasteiger partial charge in [0.15, 0.2) is 8.32 Å². The Kier molecular flexibility index (Phi) is 7.91. The molecule has 0 radical (unpaired) electrons. The van der Waals surface area contributed by atoms with Crippen molar-refractivity contribution in [1.29, 1.82) is 0 Å². The zero-order valence-electron chi connectivity index (χ0n) is 18.0. The molecule has 2 rings (SSSR count). The fourth-order valence-electron chi connectivity index (χ4n) is 2.79. The molecule has 0 bridgehead atoms. The first-order chi connectivity index (χ1) is 13.4. The molecule has 0 spiro atoms. The first kappa shape index (κ1) is 23.9. The number of carbonyl (C=O) groups excluding carboxylic acids is 1. The maximum Gasteiger partial charge on any atom is 0.257 e.